The second-order valence-electron chi connectivity index (χ2n) is 5.52. The van der Waals surface area contributed by atoms with E-state index < -0.39 is 0 Å². The van der Waals surface area contributed by atoms with Gasteiger partial charge in [-0.3, -0.25) is 0 Å². The lowest BCUT2D eigenvalue weighted by atomic mass is 9.98. The number of fused-ring (bicyclic) bond motifs is 1. The maximum absolute atomic E-state index is 13.0. The first-order chi connectivity index (χ1) is 10.3. The fraction of sp³-hybridized carbons (Fsp3) is 0.333. The number of halogens is 1. The summed E-state index contributed by atoms with van der Waals surface area (Å²) in [6, 6.07) is 13.5. The van der Waals surface area contributed by atoms with E-state index in [1.807, 2.05) is 12.1 Å². The molecule has 2 aromatic carbocycles. The second kappa shape index (κ2) is 6.27. The number of hydrogen-bond donors (Lipinski definition) is 1. The number of nitrogens with one attached hydrogen (secondary N) is 1. The molecule has 0 spiro atoms. The predicted molar refractivity (Wildman–Crippen MR) is 85.0 cm³/mol. The van der Waals surface area contributed by atoms with E-state index in [9.17, 15) is 4.39 Å². The number of rotatable bonds is 4. The van der Waals surface area contributed by atoms with Crippen LogP contribution in [0.15, 0.2) is 42.5 Å². The van der Waals surface area contributed by atoms with Gasteiger partial charge in [-0.2, -0.15) is 0 Å². The van der Waals surface area contributed by atoms with Gasteiger partial charge in [0.25, 0.3) is 0 Å². The molecule has 3 rings (SSSR count). The summed E-state index contributed by atoms with van der Waals surface area (Å²) >= 11 is 0. The molecular formula is C18H21FN2. The monoisotopic (exact) mass is 284 g/mol. The molecule has 1 aliphatic rings. The Morgan fingerprint density at radius 3 is 2.67 bits per heavy atom. The third kappa shape index (κ3) is 3.24. The van der Waals surface area contributed by atoms with Gasteiger partial charge in [0.2, 0.25) is 0 Å². The van der Waals surface area contributed by atoms with Crippen molar-refractivity contribution in [3.05, 3.63) is 65.0 Å². The highest BCUT2D eigenvalue weighted by Crippen LogP contribution is 2.20. The van der Waals surface area contributed by atoms with Gasteiger partial charge >= 0.3 is 0 Å². The molecule has 1 N–H and O–H groups in total. The van der Waals surface area contributed by atoms with E-state index >= 15 is 0 Å². The van der Waals surface area contributed by atoms with E-state index in [1.54, 1.807) is 0 Å². The van der Waals surface area contributed by atoms with E-state index in [2.05, 4.69) is 35.3 Å². The van der Waals surface area contributed by atoms with Gasteiger partial charge in [0.1, 0.15) is 5.82 Å². The summed E-state index contributed by atoms with van der Waals surface area (Å²) < 4.78 is 13.0. The van der Waals surface area contributed by atoms with Crippen molar-refractivity contribution in [3.63, 3.8) is 0 Å². The minimum Gasteiger partial charge on any atom is -0.367 e. The number of nitrogens with zero attached hydrogens (tertiary/aromatic N) is 1. The highest BCUT2D eigenvalue weighted by atomic mass is 19.1. The van der Waals surface area contributed by atoms with Crippen molar-refractivity contribution in [3.8, 4) is 0 Å². The minimum atomic E-state index is -0.186. The van der Waals surface area contributed by atoms with Crippen LogP contribution in [0.1, 0.15) is 23.6 Å². The van der Waals surface area contributed by atoms with Gasteiger partial charge in [0.05, 0.1) is 0 Å². The Hall–Kier alpha value is -1.87. The van der Waals surface area contributed by atoms with Crippen LogP contribution in [0.4, 0.5) is 10.1 Å². The maximum atomic E-state index is 13.0. The Kier molecular flexibility index (Phi) is 4.20. The first-order valence-corrected chi connectivity index (χ1v) is 7.58. The van der Waals surface area contributed by atoms with Crippen molar-refractivity contribution in [2.75, 3.05) is 18.0 Å². The first-order valence-electron chi connectivity index (χ1n) is 7.58. The molecule has 0 fully saturated rings. The molecule has 0 aromatic heterocycles. The number of hydrogen-bond acceptors (Lipinski definition) is 2. The summed E-state index contributed by atoms with van der Waals surface area (Å²) in [5.74, 6) is -0.186. The third-order valence-electron chi connectivity index (χ3n) is 4.10. The Balaban J connectivity index is 1.79. The molecule has 0 aliphatic carbocycles. The van der Waals surface area contributed by atoms with E-state index in [1.165, 1.54) is 28.8 Å². The van der Waals surface area contributed by atoms with Crippen LogP contribution in [0.2, 0.25) is 0 Å². The standard InChI is InChI=1S/C18H21FN2/c1-2-21(18-7-5-17(19)6-8-18)13-14-3-4-15-9-10-20-12-16(15)11-14/h3-8,11,20H,2,9-10,12-13H2,1H3. The molecule has 0 unspecified atom stereocenters. The minimum absolute atomic E-state index is 0.186. The van der Waals surface area contributed by atoms with Crippen LogP contribution >= 0.6 is 0 Å². The molecule has 0 saturated heterocycles. The van der Waals surface area contributed by atoms with Gasteiger partial charge in [0, 0.05) is 25.3 Å². The van der Waals surface area contributed by atoms with E-state index in [0.717, 1.165) is 38.3 Å². The first kappa shape index (κ1) is 14.1. The topological polar surface area (TPSA) is 15.3 Å². The van der Waals surface area contributed by atoms with E-state index in [0.29, 0.717) is 0 Å². The molecule has 0 atom stereocenters. The maximum Gasteiger partial charge on any atom is 0.123 e. The highest BCUT2D eigenvalue weighted by molar-refractivity contribution is 5.47. The normalized spacial score (nSPS) is 13.8. The molecular weight excluding hydrogens is 263 g/mol. The Labute approximate surface area is 125 Å². The Morgan fingerprint density at radius 2 is 1.90 bits per heavy atom. The van der Waals surface area contributed by atoms with Gasteiger partial charge < -0.3 is 10.2 Å². The quantitative estimate of drug-likeness (QED) is 0.924. The van der Waals surface area contributed by atoms with Crippen molar-refractivity contribution in [2.45, 2.75) is 26.4 Å². The summed E-state index contributed by atoms with van der Waals surface area (Å²) in [7, 11) is 0. The van der Waals surface area contributed by atoms with Crippen LogP contribution in [0.25, 0.3) is 0 Å². The summed E-state index contributed by atoms with van der Waals surface area (Å²) in [6.45, 7) is 5.93. The Morgan fingerprint density at radius 1 is 1.10 bits per heavy atom. The molecule has 1 aliphatic heterocycles. The SMILES string of the molecule is CCN(Cc1ccc2c(c1)CNCC2)c1ccc(F)cc1. The van der Waals surface area contributed by atoms with Gasteiger partial charge in [-0.05, 0) is 60.8 Å². The molecule has 0 amide bonds. The zero-order chi connectivity index (χ0) is 14.7. The molecule has 0 radical (unpaired) electrons. The third-order valence-corrected chi connectivity index (χ3v) is 4.10. The van der Waals surface area contributed by atoms with Gasteiger partial charge in [0.15, 0.2) is 0 Å². The predicted octanol–water partition coefficient (Wildman–Crippen LogP) is 3.50. The molecule has 0 saturated carbocycles. The lowest BCUT2D eigenvalue weighted by Crippen LogP contribution is -2.25. The number of anilines is 1. The van der Waals surface area contributed by atoms with E-state index in [4.69, 9.17) is 0 Å². The van der Waals surface area contributed by atoms with Crippen LogP contribution in [0, 0.1) is 5.82 Å². The summed E-state index contributed by atoms with van der Waals surface area (Å²) in [6.07, 6.45) is 1.12. The fourth-order valence-electron chi connectivity index (χ4n) is 2.89. The Bertz CT molecular complexity index is 607. The van der Waals surface area contributed by atoms with Gasteiger partial charge in [-0.1, -0.05) is 18.2 Å². The van der Waals surface area contributed by atoms with Crippen molar-refractivity contribution < 1.29 is 4.39 Å². The zero-order valence-corrected chi connectivity index (χ0v) is 12.4. The van der Waals surface area contributed by atoms with Crippen LogP contribution in [0.5, 0.6) is 0 Å². The van der Waals surface area contributed by atoms with E-state index in [-0.39, 0.29) is 5.82 Å². The largest absolute Gasteiger partial charge is 0.367 e. The number of benzene rings is 2. The van der Waals surface area contributed by atoms with Crippen LogP contribution in [-0.4, -0.2) is 13.1 Å². The lowest BCUT2D eigenvalue weighted by molar-refractivity contribution is 0.627. The van der Waals surface area contributed by atoms with Crippen molar-refractivity contribution in [2.24, 2.45) is 0 Å². The smallest absolute Gasteiger partial charge is 0.123 e. The lowest BCUT2D eigenvalue weighted by Gasteiger charge is -2.25. The molecule has 2 aromatic rings. The van der Waals surface area contributed by atoms with Crippen LogP contribution < -0.4 is 10.2 Å². The molecule has 3 heteroatoms. The molecule has 110 valence electrons. The molecule has 0 bridgehead atoms. The fourth-order valence-corrected chi connectivity index (χ4v) is 2.89. The summed E-state index contributed by atoms with van der Waals surface area (Å²) in [5.41, 5.74) is 5.25. The van der Waals surface area contributed by atoms with Crippen LogP contribution in [0.3, 0.4) is 0 Å². The molecule has 21 heavy (non-hydrogen) atoms. The molecule has 1 heterocycles. The summed E-state index contributed by atoms with van der Waals surface area (Å²) in [4.78, 5) is 2.26. The average molecular weight is 284 g/mol. The van der Waals surface area contributed by atoms with Gasteiger partial charge in [-0.15, -0.1) is 0 Å². The molecule has 2 nitrogen and oxygen atoms in total. The van der Waals surface area contributed by atoms with Crippen molar-refractivity contribution in [1.82, 2.24) is 5.32 Å². The highest BCUT2D eigenvalue weighted by Gasteiger charge is 2.11. The average Bonchev–Trinajstić information content (AvgIpc) is 2.53. The van der Waals surface area contributed by atoms with Gasteiger partial charge in [-0.25, -0.2) is 4.39 Å². The van der Waals surface area contributed by atoms with Crippen molar-refractivity contribution >= 4 is 5.69 Å². The van der Waals surface area contributed by atoms with Crippen molar-refractivity contribution in [1.29, 1.82) is 0 Å². The van der Waals surface area contributed by atoms with Crippen LogP contribution in [-0.2, 0) is 19.5 Å². The zero-order valence-electron chi connectivity index (χ0n) is 12.4. The summed E-state index contributed by atoms with van der Waals surface area (Å²) in [5, 5.41) is 3.42. The second-order valence-corrected chi connectivity index (χ2v) is 5.52.